The molecule has 3 aliphatic rings. The number of allylic oxidation sites excluding steroid dienone is 1. The van der Waals surface area contributed by atoms with Crippen molar-refractivity contribution in [2.24, 2.45) is 11.8 Å². The van der Waals surface area contributed by atoms with Crippen LogP contribution in [0, 0.1) is 23.7 Å². The summed E-state index contributed by atoms with van der Waals surface area (Å²) in [5.41, 5.74) is -1.14. The van der Waals surface area contributed by atoms with Crippen LogP contribution in [0.4, 0.5) is 0 Å². The number of fused-ring (bicyclic) bond motifs is 3. The largest absolute Gasteiger partial charge is 0.458 e. The van der Waals surface area contributed by atoms with Gasteiger partial charge in [0, 0.05) is 12.5 Å². The number of carbonyl (C=O) groups excluding carboxylic acids is 1. The summed E-state index contributed by atoms with van der Waals surface area (Å²) in [6, 6.07) is 0. The fraction of sp³-hybridized carbons (Fsp3) is 0.706. The van der Waals surface area contributed by atoms with Crippen molar-refractivity contribution >= 4 is 5.97 Å². The minimum absolute atomic E-state index is 0.114. The van der Waals surface area contributed by atoms with Gasteiger partial charge < -0.3 is 9.84 Å². The molecule has 4 heteroatoms. The average Bonchev–Trinajstić information content (AvgIpc) is 2.45. The number of aliphatic hydroxyl groups is 1. The highest BCUT2D eigenvalue weighted by atomic mass is 16.6. The average molecular weight is 291 g/mol. The molecular formula is C17H25NO3. The Balaban J connectivity index is 2.09. The van der Waals surface area contributed by atoms with Gasteiger partial charge in [0.15, 0.2) is 0 Å². The molecule has 3 fully saturated rings. The van der Waals surface area contributed by atoms with E-state index in [1.807, 2.05) is 0 Å². The van der Waals surface area contributed by atoms with Crippen LogP contribution in [-0.4, -0.2) is 47.3 Å². The lowest BCUT2D eigenvalue weighted by Crippen LogP contribution is -2.54. The first-order chi connectivity index (χ1) is 9.83. The Labute approximate surface area is 127 Å². The van der Waals surface area contributed by atoms with Gasteiger partial charge in [0.1, 0.15) is 6.10 Å². The minimum Gasteiger partial charge on any atom is -0.458 e. The number of hydrogen-bond acceptors (Lipinski definition) is 4. The number of carbonyl (C=O) groups is 1. The van der Waals surface area contributed by atoms with Crippen LogP contribution in [0.1, 0.15) is 33.6 Å². The minimum atomic E-state index is -1.76. The van der Waals surface area contributed by atoms with Crippen molar-refractivity contribution in [3.05, 3.63) is 12.2 Å². The summed E-state index contributed by atoms with van der Waals surface area (Å²) in [7, 11) is 0. The number of rotatable bonds is 3. The van der Waals surface area contributed by atoms with E-state index in [9.17, 15) is 9.90 Å². The van der Waals surface area contributed by atoms with E-state index in [-0.39, 0.29) is 12.0 Å². The molecule has 0 amide bonds. The van der Waals surface area contributed by atoms with Gasteiger partial charge in [-0.15, -0.1) is 0 Å². The number of nitrogens with zero attached hydrogens (tertiary/aromatic N) is 1. The predicted molar refractivity (Wildman–Crippen MR) is 81.4 cm³/mol. The lowest BCUT2D eigenvalue weighted by atomic mass is 9.85. The Kier molecular flexibility index (Phi) is 4.75. The summed E-state index contributed by atoms with van der Waals surface area (Å²) >= 11 is 0. The van der Waals surface area contributed by atoms with Crippen molar-refractivity contribution in [3.63, 3.8) is 0 Å². The Hall–Kier alpha value is -1.31. The van der Waals surface area contributed by atoms with E-state index in [4.69, 9.17) is 4.74 Å². The molecule has 0 aromatic carbocycles. The van der Waals surface area contributed by atoms with Crippen molar-refractivity contribution in [2.45, 2.75) is 45.3 Å². The third kappa shape index (κ3) is 3.48. The molecule has 21 heavy (non-hydrogen) atoms. The van der Waals surface area contributed by atoms with Crippen LogP contribution >= 0.6 is 0 Å². The number of esters is 1. The lowest BCUT2D eigenvalue weighted by Gasteiger charge is -2.44. The molecular weight excluding hydrogens is 266 g/mol. The summed E-state index contributed by atoms with van der Waals surface area (Å²) in [5.74, 6) is 4.83. The molecule has 0 aromatic heterocycles. The first-order valence-electron chi connectivity index (χ1n) is 7.67. The molecule has 2 atom stereocenters. The monoisotopic (exact) mass is 291 g/mol. The highest BCUT2D eigenvalue weighted by molar-refractivity contribution is 5.84. The van der Waals surface area contributed by atoms with Crippen LogP contribution in [0.25, 0.3) is 0 Å². The zero-order chi connectivity index (χ0) is 15.6. The molecule has 2 bridgehead atoms. The molecule has 1 N–H and O–H groups in total. The van der Waals surface area contributed by atoms with Gasteiger partial charge in [0.05, 0.1) is 0 Å². The zero-order valence-electron chi connectivity index (χ0n) is 13.2. The molecule has 0 radical (unpaired) electrons. The van der Waals surface area contributed by atoms with Crippen LogP contribution in [0.2, 0.25) is 0 Å². The first-order valence-corrected chi connectivity index (χ1v) is 7.67. The topological polar surface area (TPSA) is 49.8 Å². The molecule has 0 aromatic rings. The maximum atomic E-state index is 12.4. The summed E-state index contributed by atoms with van der Waals surface area (Å²) in [6.07, 6.45) is 2.02. The Bertz CT molecular complexity index is 480. The highest BCUT2D eigenvalue weighted by Gasteiger charge is 2.44. The van der Waals surface area contributed by atoms with E-state index in [1.165, 1.54) is 0 Å². The zero-order valence-corrected chi connectivity index (χ0v) is 13.2. The van der Waals surface area contributed by atoms with Crippen LogP contribution in [0.3, 0.4) is 0 Å². The number of hydrogen-bond donors (Lipinski definition) is 1. The normalized spacial score (nSPS) is 30.2. The Morgan fingerprint density at radius 3 is 2.48 bits per heavy atom. The van der Waals surface area contributed by atoms with Crippen molar-refractivity contribution in [2.75, 3.05) is 19.6 Å². The van der Waals surface area contributed by atoms with Crippen molar-refractivity contribution in [3.8, 4) is 11.8 Å². The van der Waals surface area contributed by atoms with E-state index in [0.29, 0.717) is 11.5 Å². The van der Waals surface area contributed by atoms with Crippen molar-refractivity contribution < 1.29 is 14.6 Å². The van der Waals surface area contributed by atoms with Gasteiger partial charge >= 0.3 is 5.97 Å². The van der Waals surface area contributed by atoms with Gasteiger partial charge in [-0.05, 0) is 44.3 Å². The standard InChI is InChI=1S/C17H25NO3/c1-12(2)5-8-17(20,13(3)4)16(19)21-15-11-18-9-6-14(15)7-10-18/h13-15,20H,1,6-7,9-11H2,2-4H3. The van der Waals surface area contributed by atoms with Gasteiger partial charge in [0.25, 0.3) is 0 Å². The van der Waals surface area contributed by atoms with E-state index in [1.54, 1.807) is 20.8 Å². The second kappa shape index (κ2) is 6.21. The molecule has 0 saturated carbocycles. The lowest BCUT2D eigenvalue weighted by molar-refractivity contribution is -0.177. The fourth-order valence-electron chi connectivity index (χ4n) is 2.90. The Morgan fingerprint density at radius 2 is 2.05 bits per heavy atom. The number of ether oxygens (including phenoxy) is 1. The van der Waals surface area contributed by atoms with Crippen LogP contribution in [0.5, 0.6) is 0 Å². The number of piperidine rings is 3. The van der Waals surface area contributed by atoms with Crippen molar-refractivity contribution in [1.29, 1.82) is 0 Å². The van der Waals surface area contributed by atoms with Crippen molar-refractivity contribution in [1.82, 2.24) is 4.90 Å². The molecule has 3 saturated heterocycles. The van der Waals surface area contributed by atoms with E-state index in [2.05, 4.69) is 23.3 Å². The summed E-state index contributed by atoms with van der Waals surface area (Å²) in [6.45, 7) is 11.9. The molecule has 0 spiro atoms. The van der Waals surface area contributed by atoms with Gasteiger partial charge in [-0.2, -0.15) is 0 Å². The summed E-state index contributed by atoms with van der Waals surface area (Å²) in [4.78, 5) is 14.8. The van der Waals surface area contributed by atoms with Gasteiger partial charge in [-0.25, -0.2) is 4.79 Å². The van der Waals surface area contributed by atoms with E-state index >= 15 is 0 Å². The summed E-state index contributed by atoms with van der Waals surface area (Å²) < 4.78 is 5.62. The molecule has 2 unspecified atom stereocenters. The van der Waals surface area contributed by atoms with Gasteiger partial charge in [0.2, 0.25) is 5.60 Å². The second-order valence-electron chi connectivity index (χ2n) is 6.53. The molecule has 3 rings (SSSR count). The highest BCUT2D eigenvalue weighted by Crippen LogP contribution is 2.31. The van der Waals surface area contributed by atoms with Gasteiger partial charge in [-0.3, -0.25) is 4.90 Å². The van der Waals surface area contributed by atoms with E-state index < -0.39 is 11.6 Å². The van der Waals surface area contributed by atoms with Gasteiger partial charge in [-0.1, -0.05) is 32.3 Å². The molecule has 0 aliphatic carbocycles. The van der Waals surface area contributed by atoms with E-state index in [0.717, 1.165) is 32.5 Å². The summed E-state index contributed by atoms with van der Waals surface area (Å²) in [5, 5.41) is 10.6. The maximum Gasteiger partial charge on any atom is 0.351 e. The molecule has 4 nitrogen and oxygen atoms in total. The van der Waals surface area contributed by atoms with Crippen LogP contribution < -0.4 is 0 Å². The Morgan fingerprint density at radius 1 is 1.43 bits per heavy atom. The SMILES string of the molecule is C=C(C)C#CC(O)(C(=O)OC1CN2CCC1CC2)C(C)C. The quantitative estimate of drug-likeness (QED) is 0.634. The van der Waals surface area contributed by atoms with Crippen LogP contribution in [0.15, 0.2) is 12.2 Å². The smallest absolute Gasteiger partial charge is 0.351 e. The third-order valence-electron chi connectivity index (χ3n) is 4.47. The van der Waals surface area contributed by atoms with Crippen LogP contribution in [-0.2, 0) is 9.53 Å². The molecule has 3 heterocycles. The second-order valence-corrected chi connectivity index (χ2v) is 6.53. The molecule has 116 valence electrons. The first kappa shape index (κ1) is 16.1. The predicted octanol–water partition coefficient (Wildman–Crippen LogP) is 1.59. The fourth-order valence-corrected chi connectivity index (χ4v) is 2.90. The third-order valence-corrected chi connectivity index (χ3v) is 4.47. The molecule has 3 aliphatic heterocycles. The maximum absolute atomic E-state index is 12.4.